The molecule has 1 amide bonds. The summed E-state index contributed by atoms with van der Waals surface area (Å²) in [5.41, 5.74) is 2.09. The van der Waals surface area contributed by atoms with Crippen molar-refractivity contribution >= 4 is 23.2 Å². The number of hydrogen-bond donors (Lipinski definition) is 3. The van der Waals surface area contributed by atoms with Gasteiger partial charge in [0.2, 0.25) is 5.91 Å². The Labute approximate surface area is 174 Å². The van der Waals surface area contributed by atoms with Gasteiger partial charge in [-0.15, -0.1) is 0 Å². The lowest BCUT2D eigenvalue weighted by molar-refractivity contribution is -0.121. The molecule has 152 valence electrons. The number of amides is 1. The molecule has 0 unspecified atom stereocenters. The highest BCUT2D eigenvalue weighted by atomic mass is 32.1. The standard InChI is InChI=1S/C21H23FN4O2S/c1-12-6-15(26-21(29)25-12)10-19(27)24-11-16-8-13-7-14(22)9-17(20(13)28-16)18-4-2-3-5-23-18/h2-5,7,9,12,15-16H,6,8,10-11H2,1H3,(H,24,27)(H2,25,26,29)/t12-,15+,16+/m1/s1. The number of pyridine rings is 1. The maximum atomic E-state index is 14.1. The van der Waals surface area contributed by atoms with E-state index >= 15 is 0 Å². The molecule has 3 N–H and O–H groups in total. The van der Waals surface area contributed by atoms with Gasteiger partial charge in [0.25, 0.3) is 0 Å². The third-order valence-corrected chi connectivity index (χ3v) is 5.35. The van der Waals surface area contributed by atoms with Crippen molar-refractivity contribution in [3.05, 3.63) is 47.9 Å². The van der Waals surface area contributed by atoms with Crippen LogP contribution in [0.2, 0.25) is 0 Å². The Hall–Kier alpha value is -2.74. The second kappa shape index (κ2) is 8.32. The van der Waals surface area contributed by atoms with E-state index in [-0.39, 0.29) is 29.9 Å². The summed E-state index contributed by atoms with van der Waals surface area (Å²) in [6.07, 6.45) is 3.14. The molecule has 8 heteroatoms. The average molecular weight is 415 g/mol. The Morgan fingerprint density at radius 3 is 3.00 bits per heavy atom. The Bertz CT molecular complexity index is 924. The summed E-state index contributed by atoms with van der Waals surface area (Å²) in [5.74, 6) is 0.262. The second-order valence-electron chi connectivity index (χ2n) is 7.56. The quantitative estimate of drug-likeness (QED) is 0.652. The van der Waals surface area contributed by atoms with Crippen LogP contribution in [0.5, 0.6) is 5.75 Å². The van der Waals surface area contributed by atoms with Crippen LogP contribution >= 0.6 is 12.2 Å². The van der Waals surface area contributed by atoms with Crippen LogP contribution in [0.4, 0.5) is 4.39 Å². The SMILES string of the molecule is C[C@@H]1C[C@@H](CC(=O)NC[C@@H]2Cc3cc(F)cc(-c4ccccn4)c3O2)NC(=S)N1. The highest BCUT2D eigenvalue weighted by Gasteiger charge is 2.28. The molecular weight excluding hydrogens is 391 g/mol. The molecule has 2 aliphatic heterocycles. The monoisotopic (exact) mass is 414 g/mol. The zero-order chi connectivity index (χ0) is 20.4. The van der Waals surface area contributed by atoms with E-state index < -0.39 is 0 Å². The number of benzene rings is 1. The Morgan fingerprint density at radius 2 is 2.24 bits per heavy atom. The summed E-state index contributed by atoms with van der Waals surface area (Å²) >= 11 is 5.16. The van der Waals surface area contributed by atoms with Crippen LogP contribution in [0, 0.1) is 5.82 Å². The van der Waals surface area contributed by atoms with Crippen LogP contribution in [0.15, 0.2) is 36.5 Å². The zero-order valence-electron chi connectivity index (χ0n) is 16.1. The normalized spacial score (nSPS) is 22.8. The van der Waals surface area contributed by atoms with Crippen molar-refractivity contribution in [1.82, 2.24) is 20.9 Å². The molecule has 3 atom stereocenters. The van der Waals surface area contributed by atoms with Gasteiger partial charge in [-0.1, -0.05) is 6.07 Å². The van der Waals surface area contributed by atoms with Crippen LogP contribution in [0.1, 0.15) is 25.3 Å². The van der Waals surface area contributed by atoms with Crippen molar-refractivity contribution in [3.8, 4) is 17.0 Å². The Morgan fingerprint density at radius 1 is 1.38 bits per heavy atom. The van der Waals surface area contributed by atoms with Crippen molar-refractivity contribution in [2.75, 3.05) is 6.54 Å². The number of nitrogens with zero attached hydrogens (tertiary/aromatic N) is 1. The van der Waals surface area contributed by atoms with Gasteiger partial charge in [-0.05, 0) is 49.8 Å². The Balaban J connectivity index is 1.36. The minimum Gasteiger partial charge on any atom is -0.487 e. The van der Waals surface area contributed by atoms with Crippen molar-refractivity contribution < 1.29 is 13.9 Å². The summed E-state index contributed by atoms with van der Waals surface area (Å²) < 4.78 is 20.2. The molecular formula is C21H23FN4O2S. The van der Waals surface area contributed by atoms with Gasteiger partial charge in [-0.25, -0.2) is 4.39 Å². The van der Waals surface area contributed by atoms with Crippen molar-refractivity contribution in [3.63, 3.8) is 0 Å². The molecule has 0 bridgehead atoms. The van der Waals surface area contributed by atoms with E-state index in [1.165, 1.54) is 12.1 Å². The number of nitrogens with one attached hydrogen (secondary N) is 3. The van der Waals surface area contributed by atoms with Crippen LogP contribution < -0.4 is 20.7 Å². The molecule has 0 saturated carbocycles. The number of thiocarbonyl (C=S) groups is 1. The third kappa shape index (κ3) is 4.64. The number of hydrogen-bond acceptors (Lipinski definition) is 4. The third-order valence-electron chi connectivity index (χ3n) is 5.11. The van der Waals surface area contributed by atoms with Gasteiger partial charge in [-0.2, -0.15) is 0 Å². The fraction of sp³-hybridized carbons (Fsp3) is 0.381. The van der Waals surface area contributed by atoms with Gasteiger partial charge in [0.15, 0.2) is 5.11 Å². The molecule has 0 aliphatic carbocycles. The largest absolute Gasteiger partial charge is 0.487 e. The number of aromatic nitrogens is 1. The van der Waals surface area contributed by atoms with E-state index in [9.17, 15) is 9.18 Å². The molecule has 29 heavy (non-hydrogen) atoms. The van der Waals surface area contributed by atoms with Gasteiger partial charge >= 0.3 is 0 Å². The lowest BCUT2D eigenvalue weighted by atomic mass is 10.0. The van der Waals surface area contributed by atoms with Gasteiger partial charge in [-0.3, -0.25) is 9.78 Å². The highest BCUT2D eigenvalue weighted by molar-refractivity contribution is 7.80. The van der Waals surface area contributed by atoms with E-state index in [0.29, 0.717) is 41.5 Å². The minimum absolute atomic E-state index is 0.0188. The lowest BCUT2D eigenvalue weighted by Gasteiger charge is -2.30. The first kappa shape index (κ1) is 19.6. The first-order valence-corrected chi connectivity index (χ1v) is 10.1. The van der Waals surface area contributed by atoms with Gasteiger partial charge in [0.1, 0.15) is 17.7 Å². The van der Waals surface area contributed by atoms with Crippen LogP contribution in [0.25, 0.3) is 11.3 Å². The summed E-state index contributed by atoms with van der Waals surface area (Å²) in [4.78, 5) is 16.7. The number of fused-ring (bicyclic) bond motifs is 1. The molecule has 1 aromatic heterocycles. The fourth-order valence-corrected chi connectivity index (χ4v) is 4.24. The van der Waals surface area contributed by atoms with Crippen molar-refractivity contribution in [1.29, 1.82) is 0 Å². The predicted molar refractivity (Wildman–Crippen MR) is 112 cm³/mol. The minimum atomic E-state index is -0.320. The zero-order valence-corrected chi connectivity index (χ0v) is 16.9. The van der Waals surface area contributed by atoms with E-state index in [0.717, 1.165) is 12.0 Å². The first-order valence-electron chi connectivity index (χ1n) is 9.72. The van der Waals surface area contributed by atoms with Crippen molar-refractivity contribution in [2.24, 2.45) is 0 Å². The maximum Gasteiger partial charge on any atom is 0.222 e. The Kier molecular flexibility index (Phi) is 5.62. The molecule has 1 saturated heterocycles. The van der Waals surface area contributed by atoms with Crippen LogP contribution in [0.3, 0.4) is 0 Å². The van der Waals surface area contributed by atoms with Crippen molar-refractivity contribution in [2.45, 2.75) is 44.4 Å². The molecule has 3 heterocycles. The summed E-state index contributed by atoms with van der Waals surface area (Å²) in [5, 5.41) is 9.77. The van der Waals surface area contributed by atoms with Gasteiger partial charge in [0.05, 0.1) is 12.2 Å². The molecule has 4 rings (SSSR count). The van der Waals surface area contributed by atoms with Crippen LogP contribution in [-0.2, 0) is 11.2 Å². The smallest absolute Gasteiger partial charge is 0.222 e. The average Bonchev–Trinajstić information content (AvgIpc) is 3.08. The first-order chi connectivity index (χ1) is 14.0. The lowest BCUT2D eigenvalue weighted by Crippen LogP contribution is -2.54. The number of carbonyl (C=O) groups excluding carboxylic acids is 1. The van der Waals surface area contributed by atoms with E-state index in [1.54, 1.807) is 6.20 Å². The van der Waals surface area contributed by atoms with E-state index in [2.05, 4.69) is 20.9 Å². The maximum absolute atomic E-state index is 14.1. The predicted octanol–water partition coefficient (Wildman–Crippen LogP) is 2.32. The summed E-state index contributed by atoms with van der Waals surface area (Å²) in [6, 6.07) is 8.69. The molecule has 6 nitrogen and oxygen atoms in total. The summed E-state index contributed by atoms with van der Waals surface area (Å²) in [6.45, 7) is 2.40. The second-order valence-corrected chi connectivity index (χ2v) is 7.97. The fourth-order valence-electron chi connectivity index (χ4n) is 3.87. The van der Waals surface area contributed by atoms with Gasteiger partial charge in [0, 0.05) is 42.2 Å². The topological polar surface area (TPSA) is 75.3 Å². The number of rotatable bonds is 5. The number of ether oxygens (including phenoxy) is 1. The van der Waals surface area contributed by atoms with Crippen LogP contribution in [-0.4, -0.2) is 40.7 Å². The molecule has 2 aliphatic rings. The molecule has 1 aromatic carbocycles. The molecule has 0 spiro atoms. The molecule has 0 radical (unpaired) electrons. The van der Waals surface area contributed by atoms with Gasteiger partial charge < -0.3 is 20.7 Å². The number of carbonyl (C=O) groups is 1. The summed E-state index contributed by atoms with van der Waals surface area (Å²) in [7, 11) is 0. The molecule has 2 aromatic rings. The van der Waals surface area contributed by atoms with E-state index in [4.69, 9.17) is 17.0 Å². The van der Waals surface area contributed by atoms with E-state index in [1.807, 2.05) is 25.1 Å². The highest BCUT2D eigenvalue weighted by Crippen LogP contribution is 2.38. The number of halogens is 1. The molecule has 1 fully saturated rings.